The Hall–Kier alpha value is -1.14. The van der Waals surface area contributed by atoms with Crippen molar-refractivity contribution in [3.8, 4) is 22.6 Å². The van der Waals surface area contributed by atoms with Gasteiger partial charge in [0.2, 0.25) is 0 Å². The van der Waals surface area contributed by atoms with E-state index in [4.69, 9.17) is 5.11 Å². The number of rotatable bonds is 2. The van der Waals surface area contributed by atoms with E-state index in [2.05, 4.69) is 25.7 Å². The van der Waals surface area contributed by atoms with Crippen LogP contribution in [0, 0.1) is 0 Å². The van der Waals surface area contributed by atoms with Gasteiger partial charge in [0, 0.05) is 5.56 Å². The van der Waals surface area contributed by atoms with Crippen molar-refractivity contribution in [1.29, 1.82) is 0 Å². The van der Waals surface area contributed by atoms with E-state index in [1.165, 1.54) is 5.56 Å². The molecule has 4 heteroatoms. The van der Waals surface area contributed by atoms with Crippen LogP contribution in [0.3, 0.4) is 0 Å². The molecule has 3 nitrogen and oxygen atoms in total. The Morgan fingerprint density at radius 2 is 1.31 bits per heavy atom. The van der Waals surface area contributed by atoms with Gasteiger partial charge < -0.3 is 15.3 Å². The molecule has 0 aliphatic rings. The van der Waals surface area contributed by atoms with Crippen molar-refractivity contribution in [3.05, 3.63) is 84.4 Å². The second-order valence-corrected chi connectivity index (χ2v) is 6.74. The summed E-state index contributed by atoms with van der Waals surface area (Å²) in [5.74, 6) is 0.691. The molecule has 130 valence electrons. The Bertz CT molecular complexity index is 778. The van der Waals surface area contributed by atoms with Crippen molar-refractivity contribution >= 4 is 0 Å². The maximum Gasteiger partial charge on any atom is 1.00 e. The molecule has 0 atom stereocenters. The van der Waals surface area contributed by atoms with Gasteiger partial charge in [0.25, 0.3) is 0 Å². The van der Waals surface area contributed by atoms with Crippen molar-refractivity contribution < 1.29 is 66.6 Å². The van der Waals surface area contributed by atoms with Gasteiger partial charge in [0.1, 0.15) is 11.5 Å². The minimum Gasteiger partial charge on any atom is -0.664 e. The van der Waals surface area contributed by atoms with Gasteiger partial charge in [-0.15, -0.1) is 0 Å². The molecule has 1 N–H and O–H groups in total. The van der Waals surface area contributed by atoms with Crippen LogP contribution < -0.4 is 61.5 Å². The van der Waals surface area contributed by atoms with Crippen LogP contribution in [-0.4, -0.2) is 5.11 Å². The first kappa shape index (κ1) is 22.9. The predicted molar refractivity (Wildman–Crippen MR) is 99.3 cm³/mol. The average molecular weight is 375 g/mol. The van der Waals surface area contributed by atoms with Gasteiger partial charge in [-0.05, 0) is 34.7 Å². The molecule has 3 aromatic rings. The summed E-state index contributed by atoms with van der Waals surface area (Å²) in [4.78, 5) is 4.05. The van der Waals surface area contributed by atoms with Crippen molar-refractivity contribution in [2.45, 2.75) is 26.2 Å². The molecule has 0 aliphatic heterocycles. The second-order valence-electron chi connectivity index (χ2n) is 6.74. The summed E-state index contributed by atoms with van der Waals surface area (Å²) < 4.78 is 0. The third-order valence-corrected chi connectivity index (χ3v) is 3.79. The summed E-state index contributed by atoms with van der Waals surface area (Å²) in [7, 11) is 0. The van der Waals surface area contributed by atoms with Crippen LogP contribution >= 0.6 is 0 Å². The zero-order chi connectivity index (χ0) is 18.3. The van der Waals surface area contributed by atoms with Crippen molar-refractivity contribution in [1.82, 2.24) is 0 Å². The third kappa shape index (κ3) is 6.87. The van der Waals surface area contributed by atoms with E-state index in [-0.39, 0.29) is 56.8 Å². The van der Waals surface area contributed by atoms with E-state index >= 15 is 0 Å². The van der Waals surface area contributed by atoms with E-state index < -0.39 is 0 Å². The minimum atomic E-state index is 0. The van der Waals surface area contributed by atoms with E-state index in [1.807, 2.05) is 54.6 Å². The Kier molecular flexibility index (Phi) is 9.57. The molecule has 0 heterocycles. The topological polar surface area (TPSA) is 52.5 Å². The van der Waals surface area contributed by atoms with Crippen LogP contribution in [0.4, 0.5) is 0 Å². The van der Waals surface area contributed by atoms with Crippen molar-refractivity contribution in [3.63, 3.8) is 0 Å². The normalized spacial score (nSPS) is 10.2. The van der Waals surface area contributed by atoms with Gasteiger partial charge in [0.05, 0.1) is 0 Å². The van der Waals surface area contributed by atoms with Crippen LogP contribution in [0.2, 0.25) is 0 Å². The van der Waals surface area contributed by atoms with Crippen LogP contribution in [0.25, 0.3) is 11.1 Å². The summed E-state index contributed by atoms with van der Waals surface area (Å²) in [5, 5.41) is 19.4. The van der Waals surface area contributed by atoms with E-state index in [0.29, 0.717) is 11.5 Å². The van der Waals surface area contributed by atoms with Gasteiger partial charge in [-0.3, -0.25) is 0 Å². The number of hydrogen-bond acceptors (Lipinski definition) is 3. The zero-order valence-corrected chi connectivity index (χ0v) is 18.9. The zero-order valence-electron chi connectivity index (χ0n) is 15.8. The molecule has 0 fully saturated rings. The average Bonchev–Trinajstić information content (AvgIpc) is 2.62. The largest absolute Gasteiger partial charge is 1.00 e. The van der Waals surface area contributed by atoms with E-state index in [0.717, 1.165) is 11.1 Å². The van der Waals surface area contributed by atoms with Crippen LogP contribution in [0.5, 0.6) is 11.5 Å². The van der Waals surface area contributed by atoms with Gasteiger partial charge in [0.15, 0.2) is 0 Å². The summed E-state index contributed by atoms with van der Waals surface area (Å²) in [5.41, 5.74) is 3.23. The van der Waals surface area contributed by atoms with E-state index in [9.17, 15) is 5.26 Å². The molecular formula is C22H23KO3. The predicted octanol–water partition coefficient (Wildman–Crippen LogP) is 1.70. The molecule has 0 saturated carbocycles. The fourth-order valence-corrected chi connectivity index (χ4v) is 2.36. The van der Waals surface area contributed by atoms with E-state index in [1.54, 1.807) is 24.3 Å². The number of para-hydroxylation sites is 1. The van der Waals surface area contributed by atoms with Gasteiger partial charge in [-0.25, -0.2) is 0 Å². The summed E-state index contributed by atoms with van der Waals surface area (Å²) in [6.07, 6.45) is 0. The van der Waals surface area contributed by atoms with Crippen LogP contribution in [0.15, 0.2) is 78.9 Å². The third-order valence-electron chi connectivity index (χ3n) is 3.79. The number of aromatic hydroxyl groups is 1. The minimum absolute atomic E-state index is 0. The first-order chi connectivity index (χ1) is 11.9. The number of hydrogen-bond donors (Lipinski definition) is 1. The van der Waals surface area contributed by atoms with Gasteiger partial charge in [-0.2, -0.15) is 0 Å². The quantitative estimate of drug-likeness (QED) is 0.422. The first-order valence-corrected chi connectivity index (χ1v) is 8.15. The fraction of sp³-hybridized carbons (Fsp3) is 0.182. The number of benzene rings is 3. The first-order valence-electron chi connectivity index (χ1n) is 8.15. The van der Waals surface area contributed by atoms with Crippen molar-refractivity contribution in [2.75, 3.05) is 0 Å². The molecule has 0 saturated heterocycles. The fourth-order valence-electron chi connectivity index (χ4n) is 2.36. The maximum atomic E-state index is 10.4. The Morgan fingerprint density at radius 1 is 0.769 bits per heavy atom. The van der Waals surface area contributed by atoms with Gasteiger partial charge >= 0.3 is 51.4 Å². The molecule has 3 aromatic carbocycles. The van der Waals surface area contributed by atoms with Crippen molar-refractivity contribution in [2.24, 2.45) is 0 Å². The molecule has 0 bridgehead atoms. The molecule has 0 aliphatic carbocycles. The molecular weight excluding hydrogens is 351 g/mol. The molecule has 0 unspecified atom stereocenters. The Balaban J connectivity index is 0.000000258. The monoisotopic (exact) mass is 374 g/mol. The summed E-state index contributed by atoms with van der Waals surface area (Å²) in [6.45, 7) is 6.46. The summed E-state index contributed by atoms with van der Waals surface area (Å²) in [6, 6.07) is 24.2. The molecule has 0 aromatic heterocycles. The second kappa shape index (κ2) is 10.9. The Labute approximate surface area is 198 Å². The molecule has 3 rings (SSSR count). The smallest absolute Gasteiger partial charge is 0.664 e. The molecule has 0 amide bonds. The molecule has 0 spiro atoms. The molecule has 0 radical (unpaired) electrons. The standard InChI is InChI=1S/C12H10O2.C10H14O.K/c13-14-12-9-5-4-8-11(12)10-6-2-1-3-7-10;1-10(2,3)8-4-6-9(11)7-5-8;/h1-9,13H;4-7,11H,1-3H3;/q;;+1/p-1. The number of phenolic OH excluding ortho intramolecular Hbond substituents is 1. The molecule has 26 heavy (non-hydrogen) atoms. The Morgan fingerprint density at radius 3 is 1.85 bits per heavy atom. The maximum absolute atomic E-state index is 10.4. The summed E-state index contributed by atoms with van der Waals surface area (Å²) >= 11 is 0. The van der Waals surface area contributed by atoms with Gasteiger partial charge in [-0.1, -0.05) is 81.4 Å². The SMILES string of the molecule is CC(C)(C)c1ccc(O)cc1.[K+].[O-]Oc1ccccc1-c1ccccc1. The van der Waals surface area contributed by atoms with Crippen LogP contribution in [0.1, 0.15) is 26.3 Å². The number of phenols is 1. The van der Waals surface area contributed by atoms with Crippen LogP contribution in [-0.2, 0) is 5.41 Å².